The average molecular weight is 268 g/mol. The SMILES string of the molecule is CC1CCCC1N(CC(=O)O)c1cccc(Cl)c1. The first kappa shape index (κ1) is 13.2. The van der Waals surface area contributed by atoms with Crippen molar-refractivity contribution in [3.05, 3.63) is 29.3 Å². The summed E-state index contributed by atoms with van der Waals surface area (Å²) in [4.78, 5) is 13.0. The van der Waals surface area contributed by atoms with Crippen molar-refractivity contribution in [1.82, 2.24) is 0 Å². The van der Waals surface area contributed by atoms with Crippen molar-refractivity contribution in [3.8, 4) is 0 Å². The highest BCUT2D eigenvalue weighted by molar-refractivity contribution is 6.30. The Morgan fingerprint density at radius 2 is 2.28 bits per heavy atom. The summed E-state index contributed by atoms with van der Waals surface area (Å²) in [7, 11) is 0. The first-order chi connectivity index (χ1) is 8.58. The van der Waals surface area contributed by atoms with E-state index in [0.29, 0.717) is 17.0 Å². The Balaban J connectivity index is 2.27. The number of nitrogens with zero attached hydrogens (tertiary/aromatic N) is 1. The second-order valence-electron chi connectivity index (χ2n) is 4.98. The lowest BCUT2D eigenvalue weighted by atomic mass is 10.0. The van der Waals surface area contributed by atoms with Gasteiger partial charge in [0.05, 0.1) is 0 Å². The molecular weight excluding hydrogens is 250 g/mol. The number of hydrogen-bond acceptors (Lipinski definition) is 2. The van der Waals surface area contributed by atoms with Crippen LogP contribution in [0.1, 0.15) is 26.2 Å². The summed E-state index contributed by atoms with van der Waals surface area (Å²) in [6, 6.07) is 7.75. The van der Waals surface area contributed by atoms with Crippen LogP contribution in [0.15, 0.2) is 24.3 Å². The fourth-order valence-corrected chi connectivity index (χ4v) is 2.97. The Labute approximate surface area is 112 Å². The minimum atomic E-state index is -0.797. The van der Waals surface area contributed by atoms with E-state index in [1.165, 1.54) is 12.8 Å². The molecule has 1 aromatic rings. The molecule has 1 aliphatic carbocycles. The standard InChI is InChI=1S/C14H18ClNO2/c1-10-4-2-7-13(10)16(9-14(17)18)12-6-3-5-11(15)8-12/h3,5-6,8,10,13H,2,4,7,9H2,1H3,(H,17,18). The van der Waals surface area contributed by atoms with Crippen LogP contribution < -0.4 is 4.90 Å². The molecule has 18 heavy (non-hydrogen) atoms. The molecule has 0 spiro atoms. The van der Waals surface area contributed by atoms with E-state index < -0.39 is 5.97 Å². The predicted octanol–water partition coefficient (Wildman–Crippen LogP) is 3.42. The highest BCUT2D eigenvalue weighted by atomic mass is 35.5. The minimum Gasteiger partial charge on any atom is -0.480 e. The van der Waals surface area contributed by atoms with Crippen molar-refractivity contribution >= 4 is 23.3 Å². The molecule has 1 aromatic carbocycles. The third kappa shape index (κ3) is 2.96. The molecule has 1 aliphatic rings. The summed E-state index contributed by atoms with van der Waals surface area (Å²) < 4.78 is 0. The molecule has 3 nitrogen and oxygen atoms in total. The maximum Gasteiger partial charge on any atom is 0.323 e. The third-order valence-corrected chi connectivity index (χ3v) is 3.90. The Bertz CT molecular complexity index is 436. The maximum absolute atomic E-state index is 11.1. The predicted molar refractivity (Wildman–Crippen MR) is 73.2 cm³/mol. The normalized spacial score (nSPS) is 23.0. The third-order valence-electron chi connectivity index (χ3n) is 3.66. The van der Waals surface area contributed by atoms with Gasteiger partial charge in [-0.15, -0.1) is 0 Å². The van der Waals surface area contributed by atoms with E-state index in [4.69, 9.17) is 16.7 Å². The van der Waals surface area contributed by atoms with Gasteiger partial charge in [-0.3, -0.25) is 4.79 Å². The van der Waals surface area contributed by atoms with Crippen molar-refractivity contribution in [2.24, 2.45) is 5.92 Å². The number of carboxylic acid groups (broad SMARTS) is 1. The first-order valence-electron chi connectivity index (χ1n) is 6.32. The molecule has 1 fully saturated rings. The molecule has 0 amide bonds. The topological polar surface area (TPSA) is 40.5 Å². The minimum absolute atomic E-state index is 0.0371. The lowest BCUT2D eigenvalue weighted by Gasteiger charge is -2.32. The van der Waals surface area contributed by atoms with Gasteiger partial charge in [-0.2, -0.15) is 0 Å². The summed E-state index contributed by atoms with van der Waals surface area (Å²) >= 11 is 5.99. The van der Waals surface area contributed by atoms with E-state index in [-0.39, 0.29) is 6.54 Å². The molecule has 2 unspecified atom stereocenters. The summed E-state index contributed by atoms with van der Waals surface area (Å²) in [6.45, 7) is 2.23. The van der Waals surface area contributed by atoms with Crippen molar-refractivity contribution in [3.63, 3.8) is 0 Å². The monoisotopic (exact) mass is 267 g/mol. The van der Waals surface area contributed by atoms with Crippen molar-refractivity contribution in [2.75, 3.05) is 11.4 Å². The molecular formula is C14H18ClNO2. The zero-order valence-corrected chi connectivity index (χ0v) is 11.2. The van der Waals surface area contributed by atoms with Gasteiger partial charge in [-0.25, -0.2) is 0 Å². The number of anilines is 1. The number of rotatable bonds is 4. The second-order valence-corrected chi connectivity index (χ2v) is 5.41. The van der Waals surface area contributed by atoms with Crippen molar-refractivity contribution in [1.29, 1.82) is 0 Å². The molecule has 0 radical (unpaired) electrons. The summed E-state index contributed by atoms with van der Waals surface area (Å²) in [5.41, 5.74) is 0.906. The van der Waals surface area contributed by atoms with Gasteiger partial charge in [0.1, 0.15) is 6.54 Å². The van der Waals surface area contributed by atoms with Crippen LogP contribution in [0, 0.1) is 5.92 Å². The van der Waals surface area contributed by atoms with E-state index >= 15 is 0 Å². The maximum atomic E-state index is 11.1. The highest BCUT2D eigenvalue weighted by Gasteiger charge is 2.30. The van der Waals surface area contributed by atoms with Crippen LogP contribution in [0.25, 0.3) is 0 Å². The zero-order chi connectivity index (χ0) is 13.1. The smallest absolute Gasteiger partial charge is 0.323 e. The molecule has 0 bridgehead atoms. The van der Waals surface area contributed by atoms with E-state index in [9.17, 15) is 4.79 Å². The van der Waals surface area contributed by atoms with Crippen LogP contribution in [0.5, 0.6) is 0 Å². The molecule has 0 saturated heterocycles. The molecule has 98 valence electrons. The van der Waals surface area contributed by atoms with Gasteiger partial charge in [0, 0.05) is 16.8 Å². The number of carboxylic acids is 1. The molecule has 0 aromatic heterocycles. The Kier molecular flexibility index (Phi) is 4.12. The molecule has 0 heterocycles. The van der Waals surface area contributed by atoms with Gasteiger partial charge >= 0.3 is 5.97 Å². The molecule has 2 atom stereocenters. The van der Waals surface area contributed by atoms with Crippen molar-refractivity contribution < 1.29 is 9.90 Å². The van der Waals surface area contributed by atoms with E-state index in [1.54, 1.807) is 0 Å². The van der Waals surface area contributed by atoms with Crippen LogP contribution in [-0.4, -0.2) is 23.7 Å². The molecule has 1 N–H and O–H groups in total. The highest BCUT2D eigenvalue weighted by Crippen LogP contribution is 2.33. The fraction of sp³-hybridized carbons (Fsp3) is 0.500. The number of halogens is 1. The Hall–Kier alpha value is -1.22. The quantitative estimate of drug-likeness (QED) is 0.909. The number of carbonyl (C=O) groups is 1. The molecule has 0 aliphatic heterocycles. The van der Waals surface area contributed by atoms with E-state index in [0.717, 1.165) is 12.1 Å². The summed E-state index contributed by atoms with van der Waals surface area (Å²) in [5, 5.41) is 9.73. The van der Waals surface area contributed by atoms with Crippen LogP contribution >= 0.6 is 11.6 Å². The van der Waals surface area contributed by atoms with Gasteiger partial charge in [0.25, 0.3) is 0 Å². The van der Waals surface area contributed by atoms with Crippen molar-refractivity contribution in [2.45, 2.75) is 32.2 Å². The fourth-order valence-electron chi connectivity index (χ4n) is 2.79. The van der Waals surface area contributed by atoms with E-state index in [2.05, 4.69) is 6.92 Å². The first-order valence-corrected chi connectivity index (χ1v) is 6.69. The Morgan fingerprint density at radius 3 is 2.83 bits per heavy atom. The van der Waals surface area contributed by atoms with Crippen LogP contribution in [0.2, 0.25) is 5.02 Å². The van der Waals surface area contributed by atoms with Gasteiger partial charge in [-0.1, -0.05) is 31.0 Å². The van der Waals surface area contributed by atoms with Crippen LogP contribution in [0.3, 0.4) is 0 Å². The molecule has 4 heteroatoms. The van der Waals surface area contributed by atoms with E-state index in [1.807, 2.05) is 29.2 Å². The summed E-state index contributed by atoms with van der Waals surface area (Å²) in [5.74, 6) is -0.266. The zero-order valence-electron chi connectivity index (χ0n) is 10.5. The molecule has 2 rings (SSSR count). The number of benzene rings is 1. The van der Waals surface area contributed by atoms with Crippen LogP contribution in [-0.2, 0) is 4.79 Å². The number of aliphatic carboxylic acids is 1. The number of hydrogen-bond donors (Lipinski definition) is 1. The average Bonchev–Trinajstić information content (AvgIpc) is 2.72. The lowest BCUT2D eigenvalue weighted by molar-refractivity contribution is -0.135. The largest absolute Gasteiger partial charge is 0.480 e. The van der Waals surface area contributed by atoms with Crippen LogP contribution in [0.4, 0.5) is 5.69 Å². The second kappa shape index (κ2) is 5.61. The lowest BCUT2D eigenvalue weighted by Crippen LogP contribution is -2.40. The van der Waals surface area contributed by atoms with Gasteiger partial charge in [0.2, 0.25) is 0 Å². The van der Waals surface area contributed by atoms with Gasteiger partial charge in [-0.05, 0) is 37.0 Å². The summed E-state index contributed by atoms with van der Waals surface area (Å²) in [6.07, 6.45) is 3.39. The van der Waals surface area contributed by atoms with Gasteiger partial charge in [0.15, 0.2) is 0 Å². The Morgan fingerprint density at radius 1 is 1.50 bits per heavy atom. The van der Waals surface area contributed by atoms with Gasteiger partial charge < -0.3 is 10.0 Å². The molecule has 1 saturated carbocycles.